The van der Waals surface area contributed by atoms with Crippen molar-refractivity contribution in [2.45, 2.75) is 13.0 Å². The standard InChI is InChI=1S/C19H14ClN5O3/c1-12(14-4-2-3-13(9-14)10-21)23-17-11-22-24(19(26)18(17)20)15-5-7-16(8-6-15)25(27)28/h2-9,11-12,23H,1H3. The van der Waals surface area contributed by atoms with Crippen LogP contribution in [-0.4, -0.2) is 14.7 Å². The summed E-state index contributed by atoms with van der Waals surface area (Å²) in [5.74, 6) is 0. The van der Waals surface area contributed by atoms with Crippen molar-refractivity contribution in [3.8, 4) is 11.8 Å². The van der Waals surface area contributed by atoms with E-state index < -0.39 is 10.5 Å². The SMILES string of the molecule is CC(Nc1cnn(-c2ccc([N+](=O)[O-])cc2)c(=O)c1Cl)c1cccc(C#N)c1. The van der Waals surface area contributed by atoms with Gasteiger partial charge in [-0.05, 0) is 36.8 Å². The van der Waals surface area contributed by atoms with Gasteiger partial charge in [-0.3, -0.25) is 14.9 Å². The van der Waals surface area contributed by atoms with Crippen molar-refractivity contribution in [3.05, 3.63) is 91.3 Å². The number of nitrogens with one attached hydrogen (secondary N) is 1. The number of hydrogen-bond acceptors (Lipinski definition) is 6. The number of halogens is 1. The smallest absolute Gasteiger partial charge is 0.292 e. The van der Waals surface area contributed by atoms with Crippen LogP contribution in [0.4, 0.5) is 11.4 Å². The van der Waals surface area contributed by atoms with Crippen molar-refractivity contribution in [1.29, 1.82) is 5.26 Å². The number of anilines is 1. The predicted octanol–water partition coefficient (Wildman–Crippen LogP) is 3.84. The lowest BCUT2D eigenvalue weighted by Crippen LogP contribution is -2.23. The van der Waals surface area contributed by atoms with Gasteiger partial charge in [0, 0.05) is 18.2 Å². The van der Waals surface area contributed by atoms with Crippen molar-refractivity contribution >= 4 is 23.0 Å². The highest BCUT2D eigenvalue weighted by atomic mass is 35.5. The summed E-state index contributed by atoms with van der Waals surface area (Å²) < 4.78 is 1.07. The number of nitro benzene ring substituents is 1. The zero-order chi connectivity index (χ0) is 20.3. The fourth-order valence-corrected chi connectivity index (χ4v) is 2.81. The molecule has 0 spiro atoms. The Hall–Kier alpha value is -3.70. The molecule has 3 rings (SSSR count). The van der Waals surface area contributed by atoms with Gasteiger partial charge in [0.15, 0.2) is 0 Å². The molecule has 0 amide bonds. The van der Waals surface area contributed by atoms with Gasteiger partial charge in [-0.2, -0.15) is 15.0 Å². The Bertz CT molecular complexity index is 1140. The molecule has 1 aromatic heterocycles. The van der Waals surface area contributed by atoms with E-state index >= 15 is 0 Å². The molecule has 0 aliphatic rings. The number of nitro groups is 1. The van der Waals surface area contributed by atoms with Crippen LogP contribution in [0.1, 0.15) is 24.1 Å². The van der Waals surface area contributed by atoms with Gasteiger partial charge in [0.2, 0.25) is 0 Å². The van der Waals surface area contributed by atoms with Crippen molar-refractivity contribution in [2.75, 3.05) is 5.32 Å². The molecule has 1 unspecified atom stereocenters. The summed E-state index contributed by atoms with van der Waals surface area (Å²) in [4.78, 5) is 22.8. The molecule has 9 heteroatoms. The Labute approximate surface area is 164 Å². The zero-order valence-electron chi connectivity index (χ0n) is 14.7. The van der Waals surface area contributed by atoms with E-state index in [2.05, 4.69) is 16.5 Å². The van der Waals surface area contributed by atoms with E-state index in [1.807, 2.05) is 13.0 Å². The van der Waals surface area contributed by atoms with Gasteiger partial charge in [-0.1, -0.05) is 23.7 Å². The first-order valence-corrected chi connectivity index (χ1v) is 8.57. The van der Waals surface area contributed by atoms with Crippen LogP contribution in [-0.2, 0) is 0 Å². The van der Waals surface area contributed by atoms with Crippen LogP contribution in [0.15, 0.2) is 59.5 Å². The predicted molar refractivity (Wildman–Crippen MR) is 105 cm³/mol. The lowest BCUT2D eigenvalue weighted by molar-refractivity contribution is -0.384. The van der Waals surface area contributed by atoms with Crippen molar-refractivity contribution in [3.63, 3.8) is 0 Å². The average Bonchev–Trinajstić information content (AvgIpc) is 2.71. The number of non-ortho nitro benzene ring substituents is 1. The molecule has 0 aliphatic heterocycles. The Balaban J connectivity index is 1.88. The monoisotopic (exact) mass is 395 g/mol. The molecule has 2 aromatic carbocycles. The molecule has 1 atom stereocenters. The van der Waals surface area contributed by atoms with Gasteiger partial charge in [0.1, 0.15) is 5.02 Å². The minimum atomic E-state index is -0.557. The first-order chi connectivity index (χ1) is 13.4. The maximum absolute atomic E-state index is 12.6. The van der Waals surface area contributed by atoms with Crippen molar-refractivity contribution in [2.24, 2.45) is 0 Å². The molecule has 28 heavy (non-hydrogen) atoms. The van der Waals surface area contributed by atoms with Crippen LogP contribution >= 0.6 is 11.6 Å². The van der Waals surface area contributed by atoms with Crippen LogP contribution in [0.25, 0.3) is 5.69 Å². The number of rotatable bonds is 5. The van der Waals surface area contributed by atoms with Crippen molar-refractivity contribution < 1.29 is 4.92 Å². The first-order valence-electron chi connectivity index (χ1n) is 8.20. The van der Waals surface area contributed by atoms with E-state index in [4.69, 9.17) is 16.9 Å². The van der Waals surface area contributed by atoms with E-state index in [0.29, 0.717) is 16.9 Å². The third-order valence-corrected chi connectivity index (χ3v) is 4.48. The van der Waals surface area contributed by atoms with E-state index in [0.717, 1.165) is 10.2 Å². The second-order valence-electron chi connectivity index (χ2n) is 5.97. The highest BCUT2D eigenvalue weighted by Crippen LogP contribution is 2.24. The minimum absolute atomic E-state index is 0.0587. The summed E-state index contributed by atoms with van der Waals surface area (Å²) in [5, 5.41) is 26.9. The summed E-state index contributed by atoms with van der Waals surface area (Å²) in [6, 6.07) is 14.4. The van der Waals surface area contributed by atoms with Gasteiger partial charge < -0.3 is 5.32 Å². The molecule has 0 fully saturated rings. The lowest BCUT2D eigenvalue weighted by Gasteiger charge is -2.17. The maximum atomic E-state index is 12.6. The van der Waals surface area contributed by atoms with Crippen molar-refractivity contribution in [1.82, 2.24) is 9.78 Å². The van der Waals surface area contributed by atoms with Gasteiger partial charge in [0.05, 0.1) is 34.1 Å². The van der Waals surface area contributed by atoms with Gasteiger partial charge in [-0.15, -0.1) is 0 Å². The minimum Gasteiger partial charge on any atom is -0.376 e. The zero-order valence-corrected chi connectivity index (χ0v) is 15.4. The second-order valence-corrected chi connectivity index (χ2v) is 6.34. The Morgan fingerprint density at radius 3 is 2.64 bits per heavy atom. The van der Waals surface area contributed by atoms with Crippen LogP contribution in [0.5, 0.6) is 0 Å². The molecule has 1 N–H and O–H groups in total. The lowest BCUT2D eigenvalue weighted by atomic mass is 10.1. The molecule has 3 aromatic rings. The summed E-state index contributed by atoms with van der Waals surface area (Å²) in [6.07, 6.45) is 1.41. The molecule has 140 valence electrons. The summed E-state index contributed by atoms with van der Waals surface area (Å²) >= 11 is 6.22. The van der Waals surface area contributed by atoms with Crippen LogP contribution < -0.4 is 10.9 Å². The first kappa shape index (κ1) is 19.1. The average molecular weight is 396 g/mol. The highest BCUT2D eigenvalue weighted by Gasteiger charge is 2.14. The van der Waals surface area contributed by atoms with Gasteiger partial charge >= 0.3 is 0 Å². The summed E-state index contributed by atoms with van der Waals surface area (Å²) in [6.45, 7) is 1.87. The highest BCUT2D eigenvalue weighted by molar-refractivity contribution is 6.33. The third-order valence-electron chi connectivity index (χ3n) is 4.11. The summed E-state index contributed by atoms with van der Waals surface area (Å²) in [7, 11) is 0. The normalized spacial score (nSPS) is 11.5. The molecular weight excluding hydrogens is 382 g/mol. The maximum Gasteiger partial charge on any atom is 0.292 e. The topological polar surface area (TPSA) is 114 Å². The number of aromatic nitrogens is 2. The number of nitriles is 1. The van der Waals surface area contributed by atoms with E-state index in [1.54, 1.807) is 18.2 Å². The molecular formula is C19H14ClN5O3. The molecule has 1 heterocycles. The molecule has 0 aliphatic carbocycles. The van der Waals surface area contributed by atoms with Gasteiger partial charge in [0.25, 0.3) is 11.2 Å². The molecule has 0 radical (unpaired) electrons. The van der Waals surface area contributed by atoms with E-state index in [9.17, 15) is 14.9 Å². The van der Waals surface area contributed by atoms with E-state index in [1.165, 1.54) is 30.5 Å². The van der Waals surface area contributed by atoms with Gasteiger partial charge in [-0.25, -0.2) is 0 Å². The molecule has 0 saturated carbocycles. The molecule has 8 nitrogen and oxygen atoms in total. The Morgan fingerprint density at radius 1 is 1.29 bits per heavy atom. The Morgan fingerprint density at radius 2 is 2.00 bits per heavy atom. The number of hydrogen-bond donors (Lipinski definition) is 1. The Kier molecular flexibility index (Phi) is 5.38. The fraction of sp³-hybridized carbons (Fsp3) is 0.105. The second kappa shape index (κ2) is 7.90. The number of nitrogens with zero attached hydrogens (tertiary/aromatic N) is 4. The number of benzene rings is 2. The quantitative estimate of drug-likeness (QED) is 0.518. The van der Waals surface area contributed by atoms with Crippen LogP contribution in [0.3, 0.4) is 0 Å². The van der Waals surface area contributed by atoms with E-state index in [-0.39, 0.29) is 16.8 Å². The largest absolute Gasteiger partial charge is 0.376 e. The van der Waals surface area contributed by atoms with Crippen LogP contribution in [0, 0.1) is 21.4 Å². The summed E-state index contributed by atoms with van der Waals surface area (Å²) in [5.41, 5.74) is 1.45. The molecule has 0 bridgehead atoms. The molecule has 0 saturated heterocycles. The third kappa shape index (κ3) is 3.84. The fourth-order valence-electron chi connectivity index (χ4n) is 2.63. The van der Waals surface area contributed by atoms with Crippen LogP contribution in [0.2, 0.25) is 5.02 Å².